The molecule has 17 heavy (non-hydrogen) atoms. The Labute approximate surface area is 101 Å². The van der Waals surface area contributed by atoms with Gasteiger partial charge in [0.1, 0.15) is 0 Å². The molecule has 1 amide bonds. The fourth-order valence-corrected chi connectivity index (χ4v) is 1.94. The number of carbonyl (C=O) groups is 2. The second-order valence-electron chi connectivity index (χ2n) is 4.59. The minimum Gasteiger partial charge on any atom is -0.464 e. The van der Waals surface area contributed by atoms with Crippen LogP contribution in [-0.2, 0) is 14.3 Å². The minimum absolute atomic E-state index is 0.192. The van der Waals surface area contributed by atoms with Crippen LogP contribution in [0.2, 0.25) is 0 Å². The second kappa shape index (κ2) is 5.46. The van der Waals surface area contributed by atoms with Crippen molar-refractivity contribution in [2.24, 2.45) is 5.73 Å². The summed E-state index contributed by atoms with van der Waals surface area (Å²) in [4.78, 5) is 24.6. The third kappa shape index (κ3) is 3.67. The largest absolute Gasteiger partial charge is 0.464 e. The fraction of sp³-hybridized carbons (Fsp3) is 0.818. The first-order valence-electron chi connectivity index (χ1n) is 5.81. The molecule has 3 N–H and O–H groups in total. The number of nitrogens with two attached hydrogens (primary N) is 1. The molecule has 0 aromatic carbocycles. The summed E-state index contributed by atoms with van der Waals surface area (Å²) in [5.41, 5.74) is 4.62. The molecule has 1 fully saturated rings. The number of ether oxygens (including phenoxy) is 1. The monoisotopic (exact) mass is 244 g/mol. The molecule has 0 aromatic rings. The zero-order valence-electron chi connectivity index (χ0n) is 10.3. The normalized spacial score (nSPS) is 26.5. The molecule has 0 bridgehead atoms. The Morgan fingerprint density at radius 1 is 1.59 bits per heavy atom. The van der Waals surface area contributed by atoms with Gasteiger partial charge in [-0.25, -0.2) is 4.79 Å². The van der Waals surface area contributed by atoms with Crippen molar-refractivity contribution < 1.29 is 19.4 Å². The molecule has 0 spiro atoms. The Hall–Kier alpha value is -1.14. The number of nitrogens with zero attached hydrogens (tertiary/aromatic N) is 1. The van der Waals surface area contributed by atoms with Gasteiger partial charge in [-0.3, -0.25) is 4.79 Å². The van der Waals surface area contributed by atoms with Gasteiger partial charge in [-0.1, -0.05) is 0 Å². The minimum atomic E-state index is -1.29. The van der Waals surface area contributed by atoms with E-state index in [0.717, 1.165) is 0 Å². The first kappa shape index (κ1) is 13.9. The van der Waals surface area contributed by atoms with Crippen molar-refractivity contribution >= 4 is 11.9 Å². The lowest BCUT2D eigenvalue weighted by Crippen LogP contribution is -2.55. The summed E-state index contributed by atoms with van der Waals surface area (Å²) < 4.78 is 4.69. The molecule has 6 nitrogen and oxygen atoms in total. The molecule has 1 aliphatic heterocycles. The van der Waals surface area contributed by atoms with Crippen molar-refractivity contribution in [1.82, 2.24) is 4.90 Å². The van der Waals surface area contributed by atoms with Crippen LogP contribution in [0.25, 0.3) is 0 Å². The van der Waals surface area contributed by atoms with E-state index in [1.54, 1.807) is 13.8 Å². The maximum absolute atomic E-state index is 11.9. The molecule has 0 aromatic heterocycles. The van der Waals surface area contributed by atoms with E-state index >= 15 is 0 Å². The van der Waals surface area contributed by atoms with E-state index in [0.29, 0.717) is 19.4 Å². The molecule has 1 saturated heterocycles. The standard InChI is InChI=1S/C11H20N2O4/c1-3-17-10(15)8(12)9(14)13-6-4-5-11(2,16)7-13/h8,16H,3-7,12H2,1-2H3. The molecule has 0 saturated carbocycles. The summed E-state index contributed by atoms with van der Waals surface area (Å²) >= 11 is 0. The van der Waals surface area contributed by atoms with Crippen molar-refractivity contribution in [3.05, 3.63) is 0 Å². The zero-order valence-corrected chi connectivity index (χ0v) is 10.3. The van der Waals surface area contributed by atoms with E-state index < -0.39 is 23.5 Å². The second-order valence-corrected chi connectivity index (χ2v) is 4.59. The van der Waals surface area contributed by atoms with Gasteiger partial charge < -0.3 is 20.5 Å². The van der Waals surface area contributed by atoms with Crippen molar-refractivity contribution in [2.75, 3.05) is 19.7 Å². The van der Waals surface area contributed by atoms with Crippen molar-refractivity contribution in [1.29, 1.82) is 0 Å². The summed E-state index contributed by atoms with van der Waals surface area (Å²) in [6, 6.07) is -1.29. The first-order valence-corrected chi connectivity index (χ1v) is 5.81. The topological polar surface area (TPSA) is 92.9 Å². The highest BCUT2D eigenvalue weighted by molar-refractivity contribution is 6.01. The maximum atomic E-state index is 11.9. The fourth-order valence-electron chi connectivity index (χ4n) is 1.94. The molecular formula is C11H20N2O4. The van der Waals surface area contributed by atoms with Crippen LogP contribution in [0.4, 0.5) is 0 Å². The van der Waals surface area contributed by atoms with Crippen molar-refractivity contribution in [3.8, 4) is 0 Å². The smallest absolute Gasteiger partial charge is 0.332 e. The van der Waals surface area contributed by atoms with Crippen molar-refractivity contribution in [3.63, 3.8) is 0 Å². The molecule has 1 rings (SSSR count). The van der Waals surface area contributed by atoms with Gasteiger partial charge in [0.05, 0.1) is 12.2 Å². The highest BCUT2D eigenvalue weighted by Gasteiger charge is 2.35. The summed E-state index contributed by atoms with van der Waals surface area (Å²) in [6.45, 7) is 4.24. The number of rotatable bonds is 3. The Kier molecular flexibility index (Phi) is 4.47. The Morgan fingerprint density at radius 3 is 2.76 bits per heavy atom. The molecular weight excluding hydrogens is 224 g/mol. The number of piperidine rings is 1. The molecule has 2 unspecified atom stereocenters. The molecule has 6 heteroatoms. The van der Waals surface area contributed by atoms with Crippen LogP contribution in [-0.4, -0.2) is 53.2 Å². The van der Waals surface area contributed by atoms with Gasteiger partial charge in [-0.15, -0.1) is 0 Å². The van der Waals surface area contributed by atoms with Gasteiger partial charge in [-0.05, 0) is 26.7 Å². The van der Waals surface area contributed by atoms with Crippen LogP contribution < -0.4 is 5.73 Å². The van der Waals surface area contributed by atoms with Crippen molar-refractivity contribution in [2.45, 2.75) is 38.3 Å². The molecule has 0 radical (unpaired) electrons. The third-order valence-corrected chi connectivity index (χ3v) is 2.79. The Morgan fingerprint density at radius 2 is 2.24 bits per heavy atom. The molecule has 0 aliphatic carbocycles. The Balaban J connectivity index is 2.60. The summed E-state index contributed by atoms with van der Waals surface area (Å²) in [5, 5.41) is 9.87. The lowest BCUT2D eigenvalue weighted by atomic mass is 9.95. The van der Waals surface area contributed by atoms with E-state index in [1.165, 1.54) is 4.90 Å². The third-order valence-electron chi connectivity index (χ3n) is 2.79. The highest BCUT2D eigenvalue weighted by Crippen LogP contribution is 2.20. The molecule has 1 aliphatic rings. The van der Waals surface area contributed by atoms with Gasteiger partial charge in [0.15, 0.2) is 6.04 Å². The van der Waals surface area contributed by atoms with E-state index in [9.17, 15) is 14.7 Å². The number of carbonyl (C=O) groups excluding carboxylic acids is 2. The number of hydrogen-bond donors (Lipinski definition) is 2. The molecule has 98 valence electrons. The van der Waals surface area contributed by atoms with Gasteiger partial charge in [0.2, 0.25) is 0 Å². The van der Waals surface area contributed by atoms with Crippen LogP contribution in [0.5, 0.6) is 0 Å². The number of likely N-dealkylation sites (tertiary alicyclic amines) is 1. The number of hydrogen-bond acceptors (Lipinski definition) is 5. The van der Waals surface area contributed by atoms with E-state index in [-0.39, 0.29) is 13.2 Å². The number of esters is 1. The average Bonchev–Trinajstić information content (AvgIpc) is 2.26. The SMILES string of the molecule is CCOC(=O)C(N)C(=O)N1CCCC(C)(O)C1. The van der Waals surface area contributed by atoms with Crippen LogP contribution in [0.3, 0.4) is 0 Å². The lowest BCUT2D eigenvalue weighted by molar-refractivity contribution is -0.153. The quantitative estimate of drug-likeness (QED) is 0.503. The highest BCUT2D eigenvalue weighted by atomic mass is 16.5. The average molecular weight is 244 g/mol. The summed E-state index contributed by atoms with van der Waals surface area (Å²) in [7, 11) is 0. The summed E-state index contributed by atoms with van der Waals surface area (Å²) in [6.07, 6.45) is 1.35. The number of β-amino-alcohol motifs (C(OH)–C–C–N with tert-alkyl or cyclic N) is 1. The van der Waals surface area contributed by atoms with E-state index in [2.05, 4.69) is 0 Å². The molecule has 1 heterocycles. The van der Waals surface area contributed by atoms with E-state index in [1.807, 2.05) is 0 Å². The lowest BCUT2D eigenvalue weighted by Gasteiger charge is -2.37. The predicted molar refractivity (Wildman–Crippen MR) is 61.0 cm³/mol. The van der Waals surface area contributed by atoms with Gasteiger partial charge in [0.25, 0.3) is 5.91 Å². The number of aliphatic hydroxyl groups is 1. The maximum Gasteiger partial charge on any atom is 0.332 e. The van der Waals surface area contributed by atoms with E-state index in [4.69, 9.17) is 10.5 Å². The first-order chi connectivity index (χ1) is 7.87. The van der Waals surface area contributed by atoms with Crippen LogP contribution in [0.1, 0.15) is 26.7 Å². The zero-order chi connectivity index (χ0) is 13.1. The number of amides is 1. The summed E-state index contributed by atoms with van der Waals surface area (Å²) in [5.74, 6) is -1.20. The van der Waals surface area contributed by atoms with Gasteiger partial charge >= 0.3 is 5.97 Å². The van der Waals surface area contributed by atoms with Crippen LogP contribution >= 0.6 is 0 Å². The molecule has 2 atom stereocenters. The van der Waals surface area contributed by atoms with Gasteiger partial charge in [0, 0.05) is 13.1 Å². The van der Waals surface area contributed by atoms with Crippen LogP contribution in [0, 0.1) is 0 Å². The predicted octanol–water partition coefficient (Wildman–Crippen LogP) is -0.750. The van der Waals surface area contributed by atoms with Gasteiger partial charge in [-0.2, -0.15) is 0 Å². The Bertz CT molecular complexity index is 304. The van der Waals surface area contributed by atoms with Crippen LogP contribution in [0.15, 0.2) is 0 Å².